The van der Waals surface area contributed by atoms with E-state index in [-0.39, 0.29) is 10.1 Å². The van der Waals surface area contributed by atoms with Gasteiger partial charge in [-0.05, 0) is 71.7 Å². The molecule has 228 valence electrons. The molecule has 0 amide bonds. The number of hydrogen-bond donors (Lipinski definition) is 0. The summed E-state index contributed by atoms with van der Waals surface area (Å²) < 4.78 is 23.5. The van der Waals surface area contributed by atoms with Crippen LogP contribution in [0, 0.1) is 11.8 Å². The van der Waals surface area contributed by atoms with Gasteiger partial charge in [-0.1, -0.05) is 79.0 Å². The summed E-state index contributed by atoms with van der Waals surface area (Å²) >= 11 is 0. The topological polar surface area (TPSA) is 71.1 Å². The van der Waals surface area contributed by atoms with E-state index in [0.717, 1.165) is 35.2 Å². The van der Waals surface area contributed by atoms with Gasteiger partial charge in [0.1, 0.15) is 11.5 Å². The van der Waals surface area contributed by atoms with E-state index in [4.69, 9.17) is 18.3 Å². The second kappa shape index (κ2) is 12.2. The van der Waals surface area contributed by atoms with Crippen LogP contribution in [0.4, 0.5) is 0 Å². The minimum absolute atomic E-state index is 0.0528. The van der Waals surface area contributed by atoms with Gasteiger partial charge in [-0.3, -0.25) is 9.59 Å². The van der Waals surface area contributed by atoms with Gasteiger partial charge in [0, 0.05) is 11.8 Å². The van der Waals surface area contributed by atoms with Crippen molar-refractivity contribution in [1.29, 1.82) is 0 Å². The number of esters is 2. The quantitative estimate of drug-likeness (QED) is 0.152. The Morgan fingerprint density at radius 1 is 0.619 bits per heavy atom. The fourth-order valence-electron chi connectivity index (χ4n) is 4.90. The Balaban J connectivity index is 1.99. The third kappa shape index (κ3) is 6.92. The smallest absolute Gasteiger partial charge is 0.315 e. The lowest BCUT2D eigenvalue weighted by Gasteiger charge is -2.49. The molecule has 0 spiro atoms. The Morgan fingerprint density at radius 3 is 1.14 bits per heavy atom. The second-order valence-corrected chi connectivity index (χ2v) is 23.6. The highest BCUT2D eigenvalue weighted by molar-refractivity contribution is 6.75. The van der Waals surface area contributed by atoms with E-state index in [1.807, 2.05) is 48.5 Å². The summed E-state index contributed by atoms with van der Waals surface area (Å²) in [6, 6.07) is 15.4. The van der Waals surface area contributed by atoms with Crippen molar-refractivity contribution in [2.24, 2.45) is 11.8 Å². The molecule has 1 fully saturated rings. The lowest BCUT2D eigenvalue weighted by atomic mass is 9.52. The molecule has 1 aliphatic rings. The molecule has 1 aliphatic carbocycles. The van der Waals surface area contributed by atoms with Gasteiger partial charge in [-0.2, -0.15) is 0 Å². The second-order valence-electron chi connectivity index (χ2n) is 14.2. The van der Waals surface area contributed by atoms with E-state index in [1.54, 1.807) is 0 Å². The molecule has 0 atom stereocenters. The first-order valence-corrected chi connectivity index (χ1v) is 20.4. The summed E-state index contributed by atoms with van der Waals surface area (Å²) in [4.78, 5) is 26.7. The molecular formula is C34H48O6Si2. The van der Waals surface area contributed by atoms with Crippen molar-refractivity contribution < 1.29 is 27.9 Å². The maximum atomic E-state index is 13.3. The molecule has 1 saturated carbocycles. The number of carbonyl (C=O) groups excluding carboxylic acids is 2. The van der Waals surface area contributed by atoms with Crippen molar-refractivity contribution >= 4 is 28.6 Å². The van der Waals surface area contributed by atoms with Crippen LogP contribution in [0.15, 0.2) is 74.2 Å². The zero-order chi connectivity index (χ0) is 31.7. The summed E-state index contributed by atoms with van der Waals surface area (Å²) in [5, 5.41) is 0.106. The zero-order valence-electron chi connectivity index (χ0n) is 26.9. The minimum atomic E-state index is -2.03. The fourth-order valence-corrected chi connectivity index (χ4v) is 6.96. The predicted octanol–water partition coefficient (Wildman–Crippen LogP) is 8.94. The average molecular weight is 609 g/mol. The SMILES string of the molecule is C=COC(=O)C1C(c2ccc(O[Si](C)(C)C(C)(C)C)cc2)C(C(=O)OC=C)C1c1ccc(O[Si](C)(C)C(C)(C)C)cc1. The van der Waals surface area contributed by atoms with Crippen molar-refractivity contribution in [3.63, 3.8) is 0 Å². The summed E-state index contributed by atoms with van der Waals surface area (Å²) in [6.45, 7) is 29.1. The lowest BCUT2D eigenvalue weighted by Crippen LogP contribution is -2.51. The van der Waals surface area contributed by atoms with Gasteiger partial charge in [0.15, 0.2) is 0 Å². The largest absolute Gasteiger partial charge is 0.544 e. The van der Waals surface area contributed by atoms with Crippen LogP contribution in [0.25, 0.3) is 0 Å². The molecule has 3 rings (SSSR count). The van der Waals surface area contributed by atoms with Crippen molar-refractivity contribution in [2.45, 2.75) is 89.6 Å². The van der Waals surface area contributed by atoms with Crippen LogP contribution in [0.1, 0.15) is 64.5 Å². The predicted molar refractivity (Wildman–Crippen MR) is 174 cm³/mol. The molecule has 6 nitrogen and oxygen atoms in total. The molecule has 8 heteroatoms. The first-order chi connectivity index (χ1) is 19.3. The number of carbonyl (C=O) groups is 2. The number of hydrogen-bond acceptors (Lipinski definition) is 6. The van der Waals surface area contributed by atoms with Gasteiger partial charge < -0.3 is 18.3 Å². The third-order valence-corrected chi connectivity index (χ3v) is 18.1. The van der Waals surface area contributed by atoms with Gasteiger partial charge in [-0.15, -0.1) is 0 Å². The molecule has 0 saturated heterocycles. The molecule has 0 aliphatic heterocycles. The van der Waals surface area contributed by atoms with Crippen molar-refractivity contribution in [2.75, 3.05) is 0 Å². The standard InChI is InChI=1S/C34H48O6Si2/c1-13-37-31(35)29-27(23-15-19-25(20-16-23)39-41(9,10)33(3,4)5)30(32(36)38-14-2)28(29)24-17-21-26(22-18-24)40-42(11,12)34(6,7)8/h13-22,27-30H,1-2H2,3-12H3. The normalized spacial score (nSPS) is 21.0. The molecule has 0 N–H and O–H groups in total. The van der Waals surface area contributed by atoms with Crippen molar-refractivity contribution in [3.8, 4) is 11.5 Å². The molecular weight excluding hydrogens is 561 g/mol. The summed E-state index contributed by atoms with van der Waals surface area (Å²) in [7, 11) is -4.07. The molecule has 42 heavy (non-hydrogen) atoms. The highest BCUT2D eigenvalue weighted by atomic mass is 28.4. The Bertz CT molecular complexity index is 1170. The minimum Gasteiger partial charge on any atom is -0.544 e. The highest BCUT2D eigenvalue weighted by Crippen LogP contribution is 2.59. The fraction of sp³-hybridized carbons (Fsp3) is 0.471. The Morgan fingerprint density at radius 2 is 0.905 bits per heavy atom. The van der Waals surface area contributed by atoms with Crippen LogP contribution in [-0.4, -0.2) is 28.6 Å². The lowest BCUT2D eigenvalue weighted by molar-refractivity contribution is -0.161. The molecule has 0 radical (unpaired) electrons. The first kappa shape index (κ1) is 33.4. The molecule has 0 unspecified atom stereocenters. The first-order valence-electron chi connectivity index (χ1n) is 14.6. The van der Waals surface area contributed by atoms with E-state index in [2.05, 4.69) is 80.9 Å². The van der Waals surface area contributed by atoms with E-state index in [0.29, 0.717) is 0 Å². The van der Waals surface area contributed by atoms with Crippen LogP contribution in [0.2, 0.25) is 36.3 Å². The van der Waals surface area contributed by atoms with E-state index >= 15 is 0 Å². The summed E-state index contributed by atoms with van der Waals surface area (Å²) in [5.74, 6) is -1.49. The van der Waals surface area contributed by atoms with Gasteiger partial charge in [0.25, 0.3) is 0 Å². The van der Waals surface area contributed by atoms with Crippen molar-refractivity contribution in [3.05, 3.63) is 85.3 Å². The monoisotopic (exact) mass is 608 g/mol. The molecule has 0 aromatic heterocycles. The van der Waals surface area contributed by atoms with Gasteiger partial charge in [0.2, 0.25) is 16.6 Å². The average Bonchev–Trinajstić information content (AvgIpc) is 2.84. The van der Waals surface area contributed by atoms with E-state index in [9.17, 15) is 9.59 Å². The van der Waals surface area contributed by atoms with Crippen LogP contribution in [0.3, 0.4) is 0 Å². The van der Waals surface area contributed by atoms with Gasteiger partial charge in [0.05, 0.1) is 24.4 Å². The summed E-state index contributed by atoms with van der Waals surface area (Å²) in [5.41, 5.74) is 1.67. The Hall–Kier alpha value is -3.11. The van der Waals surface area contributed by atoms with Crippen LogP contribution in [-0.2, 0) is 19.1 Å². The molecule has 0 bridgehead atoms. The van der Waals surface area contributed by atoms with Crippen molar-refractivity contribution in [1.82, 2.24) is 0 Å². The molecule has 2 aromatic carbocycles. The third-order valence-electron chi connectivity index (χ3n) is 9.38. The Labute approximate surface area is 254 Å². The summed E-state index contributed by atoms with van der Waals surface area (Å²) in [6.07, 6.45) is 2.27. The Kier molecular flexibility index (Phi) is 9.74. The van der Waals surface area contributed by atoms with E-state index in [1.165, 1.54) is 0 Å². The highest BCUT2D eigenvalue weighted by Gasteiger charge is 2.59. The van der Waals surface area contributed by atoms with Gasteiger partial charge >= 0.3 is 11.9 Å². The number of benzene rings is 2. The maximum absolute atomic E-state index is 13.3. The van der Waals surface area contributed by atoms with Crippen LogP contribution < -0.4 is 8.85 Å². The maximum Gasteiger partial charge on any atom is 0.315 e. The van der Waals surface area contributed by atoms with Gasteiger partial charge in [-0.25, -0.2) is 0 Å². The van der Waals surface area contributed by atoms with E-state index < -0.39 is 52.2 Å². The molecule has 2 aromatic rings. The zero-order valence-corrected chi connectivity index (χ0v) is 28.9. The van der Waals surface area contributed by atoms with Crippen LogP contribution >= 0.6 is 0 Å². The number of ether oxygens (including phenoxy) is 2. The number of rotatable bonds is 10. The van der Waals surface area contributed by atoms with Crippen LogP contribution in [0.5, 0.6) is 11.5 Å². The molecule has 0 heterocycles.